The van der Waals surface area contributed by atoms with E-state index in [1.54, 1.807) is 21.3 Å². The molecular weight excluding hydrogens is 422 g/mol. The van der Waals surface area contributed by atoms with Crippen molar-refractivity contribution in [3.8, 4) is 17.2 Å². The largest absolute Gasteiger partial charge is 0.493 e. The summed E-state index contributed by atoms with van der Waals surface area (Å²) in [5, 5.41) is 3.13. The average Bonchev–Trinajstić information content (AvgIpc) is 3.22. The summed E-state index contributed by atoms with van der Waals surface area (Å²) in [4.78, 5) is 13.2. The molecule has 2 aromatic rings. The van der Waals surface area contributed by atoms with Crippen LogP contribution < -0.4 is 19.5 Å². The molecule has 0 atom stereocenters. The quantitative estimate of drug-likeness (QED) is 0.673. The highest BCUT2D eigenvalue weighted by Gasteiger charge is 2.42. The third kappa shape index (κ3) is 3.97. The van der Waals surface area contributed by atoms with Crippen LogP contribution in [0.5, 0.6) is 17.2 Å². The molecule has 1 amide bonds. The number of hydrogen-bond donors (Lipinski definition) is 1. The fraction of sp³-hybridized carbons (Fsp3) is 0.409. The van der Waals surface area contributed by atoms with Crippen molar-refractivity contribution in [2.75, 3.05) is 21.3 Å². The number of carbonyl (C=O) groups is 1. The predicted octanol–water partition coefficient (Wildman–Crippen LogP) is 4.60. The minimum atomic E-state index is -0.457. The van der Waals surface area contributed by atoms with Crippen LogP contribution in [0.1, 0.15) is 36.8 Å². The number of amides is 1. The van der Waals surface area contributed by atoms with Gasteiger partial charge in [0.1, 0.15) is 0 Å². The lowest BCUT2D eigenvalue weighted by atomic mass is 9.78. The van der Waals surface area contributed by atoms with E-state index in [-0.39, 0.29) is 5.91 Å². The van der Waals surface area contributed by atoms with Gasteiger partial charge in [0.25, 0.3) is 0 Å². The zero-order valence-electron chi connectivity index (χ0n) is 16.5. The highest BCUT2D eigenvalue weighted by atomic mass is 79.9. The normalized spacial score (nSPS) is 15.1. The first-order chi connectivity index (χ1) is 13.5. The Hall–Kier alpha value is -2.21. The van der Waals surface area contributed by atoms with Crippen molar-refractivity contribution in [1.29, 1.82) is 0 Å². The van der Waals surface area contributed by atoms with E-state index in [2.05, 4.69) is 33.4 Å². The van der Waals surface area contributed by atoms with E-state index >= 15 is 0 Å². The Labute approximate surface area is 174 Å². The van der Waals surface area contributed by atoms with Gasteiger partial charge in [-0.1, -0.05) is 40.9 Å². The van der Waals surface area contributed by atoms with Crippen LogP contribution in [0.2, 0.25) is 0 Å². The Bertz CT molecular complexity index is 804. The maximum Gasteiger partial charge on any atom is 0.230 e. The molecule has 0 unspecified atom stereocenters. The topological polar surface area (TPSA) is 56.8 Å². The SMILES string of the molecule is COc1cc(CNC(=O)C2(c3ccc(Br)cc3)CCCC2)cc(OC)c1OC. The van der Waals surface area contributed by atoms with Crippen LogP contribution in [-0.2, 0) is 16.8 Å². The molecule has 28 heavy (non-hydrogen) atoms. The van der Waals surface area contributed by atoms with Crippen molar-refractivity contribution < 1.29 is 19.0 Å². The molecule has 150 valence electrons. The van der Waals surface area contributed by atoms with Crippen molar-refractivity contribution in [1.82, 2.24) is 5.32 Å². The third-order valence-electron chi connectivity index (χ3n) is 5.47. The van der Waals surface area contributed by atoms with Gasteiger partial charge in [0.2, 0.25) is 11.7 Å². The van der Waals surface area contributed by atoms with Crippen molar-refractivity contribution in [2.24, 2.45) is 0 Å². The second-order valence-corrected chi connectivity index (χ2v) is 7.93. The van der Waals surface area contributed by atoms with Gasteiger partial charge < -0.3 is 19.5 Å². The van der Waals surface area contributed by atoms with Crippen LogP contribution in [0.25, 0.3) is 0 Å². The number of ether oxygens (including phenoxy) is 3. The van der Waals surface area contributed by atoms with Crippen molar-refractivity contribution >= 4 is 21.8 Å². The summed E-state index contributed by atoms with van der Waals surface area (Å²) >= 11 is 3.47. The van der Waals surface area contributed by atoms with Crippen molar-refractivity contribution in [2.45, 2.75) is 37.6 Å². The van der Waals surface area contributed by atoms with Gasteiger partial charge in [-0.3, -0.25) is 4.79 Å². The van der Waals surface area contributed by atoms with Gasteiger partial charge in [0, 0.05) is 11.0 Å². The Morgan fingerprint density at radius 2 is 1.57 bits per heavy atom. The van der Waals surface area contributed by atoms with E-state index in [0.717, 1.165) is 41.3 Å². The maximum absolute atomic E-state index is 13.2. The third-order valence-corrected chi connectivity index (χ3v) is 5.99. The zero-order chi connectivity index (χ0) is 20.1. The first kappa shape index (κ1) is 20.5. The number of benzene rings is 2. The van der Waals surface area contributed by atoms with Gasteiger partial charge in [-0.05, 0) is 48.2 Å². The van der Waals surface area contributed by atoms with Gasteiger partial charge in [-0.15, -0.1) is 0 Å². The van der Waals surface area contributed by atoms with E-state index in [0.29, 0.717) is 23.8 Å². The monoisotopic (exact) mass is 447 g/mol. The maximum atomic E-state index is 13.2. The molecule has 0 bridgehead atoms. The molecule has 1 aliphatic carbocycles. The lowest BCUT2D eigenvalue weighted by molar-refractivity contribution is -0.126. The van der Waals surface area contributed by atoms with Gasteiger partial charge in [-0.25, -0.2) is 0 Å². The molecule has 0 saturated heterocycles. The predicted molar refractivity (Wildman–Crippen MR) is 112 cm³/mol. The Morgan fingerprint density at radius 1 is 1.00 bits per heavy atom. The summed E-state index contributed by atoms with van der Waals surface area (Å²) in [6, 6.07) is 11.8. The first-order valence-corrected chi connectivity index (χ1v) is 10.2. The van der Waals surface area contributed by atoms with Gasteiger partial charge in [0.05, 0.1) is 26.7 Å². The lowest BCUT2D eigenvalue weighted by Gasteiger charge is -2.28. The lowest BCUT2D eigenvalue weighted by Crippen LogP contribution is -2.42. The molecule has 0 radical (unpaired) electrons. The van der Waals surface area contributed by atoms with Crippen LogP contribution in [-0.4, -0.2) is 27.2 Å². The highest BCUT2D eigenvalue weighted by Crippen LogP contribution is 2.42. The summed E-state index contributed by atoms with van der Waals surface area (Å²) in [5.41, 5.74) is 1.52. The fourth-order valence-electron chi connectivity index (χ4n) is 3.98. The van der Waals surface area contributed by atoms with Gasteiger partial charge in [-0.2, -0.15) is 0 Å². The number of rotatable bonds is 7. The Kier molecular flexibility index (Phi) is 6.50. The molecule has 1 aliphatic rings. The fourth-order valence-corrected chi connectivity index (χ4v) is 4.25. The molecule has 0 heterocycles. The van der Waals surface area contributed by atoms with Crippen LogP contribution in [0.3, 0.4) is 0 Å². The zero-order valence-corrected chi connectivity index (χ0v) is 18.1. The smallest absolute Gasteiger partial charge is 0.230 e. The van der Waals surface area contributed by atoms with E-state index in [1.807, 2.05) is 24.3 Å². The molecular formula is C22H26BrNO4. The minimum Gasteiger partial charge on any atom is -0.493 e. The molecule has 0 spiro atoms. The number of nitrogens with one attached hydrogen (secondary N) is 1. The second kappa shape index (κ2) is 8.86. The summed E-state index contributed by atoms with van der Waals surface area (Å²) in [6.07, 6.45) is 3.87. The van der Waals surface area contributed by atoms with Crippen LogP contribution in [0, 0.1) is 0 Å². The molecule has 5 nitrogen and oxygen atoms in total. The molecule has 2 aromatic carbocycles. The first-order valence-electron chi connectivity index (χ1n) is 9.37. The number of hydrogen-bond acceptors (Lipinski definition) is 4. The van der Waals surface area contributed by atoms with Gasteiger partial charge >= 0.3 is 0 Å². The number of methoxy groups -OCH3 is 3. The van der Waals surface area contributed by atoms with E-state index in [9.17, 15) is 4.79 Å². The molecule has 1 saturated carbocycles. The van der Waals surface area contributed by atoms with Crippen molar-refractivity contribution in [3.63, 3.8) is 0 Å². The molecule has 0 aromatic heterocycles. The molecule has 0 aliphatic heterocycles. The Morgan fingerprint density at radius 3 is 2.07 bits per heavy atom. The van der Waals surface area contributed by atoms with E-state index < -0.39 is 5.41 Å². The highest BCUT2D eigenvalue weighted by molar-refractivity contribution is 9.10. The molecule has 3 rings (SSSR count). The number of halogens is 1. The summed E-state index contributed by atoms with van der Waals surface area (Å²) in [6.45, 7) is 0.397. The van der Waals surface area contributed by atoms with Crippen LogP contribution >= 0.6 is 15.9 Å². The van der Waals surface area contributed by atoms with E-state index in [1.165, 1.54) is 0 Å². The van der Waals surface area contributed by atoms with E-state index in [4.69, 9.17) is 14.2 Å². The van der Waals surface area contributed by atoms with Gasteiger partial charge in [0.15, 0.2) is 11.5 Å². The minimum absolute atomic E-state index is 0.0704. The summed E-state index contributed by atoms with van der Waals surface area (Å²) in [5.74, 6) is 1.77. The Balaban J connectivity index is 1.81. The summed E-state index contributed by atoms with van der Waals surface area (Å²) < 4.78 is 17.2. The molecule has 1 N–H and O–H groups in total. The second-order valence-electron chi connectivity index (χ2n) is 7.01. The van der Waals surface area contributed by atoms with Crippen molar-refractivity contribution in [3.05, 3.63) is 52.0 Å². The summed E-state index contributed by atoms with van der Waals surface area (Å²) in [7, 11) is 4.74. The van der Waals surface area contributed by atoms with Crippen LogP contribution in [0.4, 0.5) is 0 Å². The average molecular weight is 448 g/mol. The van der Waals surface area contributed by atoms with Crippen LogP contribution in [0.15, 0.2) is 40.9 Å². The molecule has 1 fully saturated rings. The number of carbonyl (C=O) groups excluding carboxylic acids is 1. The molecule has 6 heteroatoms. The standard InChI is InChI=1S/C22H26BrNO4/c1-26-18-12-15(13-19(27-2)20(18)28-3)14-24-21(25)22(10-4-5-11-22)16-6-8-17(23)9-7-16/h6-9,12-13H,4-5,10-11,14H2,1-3H3,(H,24,25).